The first-order chi connectivity index (χ1) is 14.7. The quantitative estimate of drug-likeness (QED) is 0.391. The number of ether oxygens (including phenoxy) is 1. The Kier molecular flexibility index (Phi) is 5.57. The highest BCUT2D eigenvalue weighted by Gasteiger charge is 2.19. The van der Waals surface area contributed by atoms with E-state index in [0.717, 1.165) is 16.8 Å². The lowest BCUT2D eigenvalue weighted by Crippen LogP contribution is -2.28. The summed E-state index contributed by atoms with van der Waals surface area (Å²) >= 11 is 0. The zero-order valence-corrected chi connectivity index (χ0v) is 16.8. The van der Waals surface area contributed by atoms with Crippen molar-refractivity contribution in [3.8, 4) is 5.75 Å². The first-order valence-corrected chi connectivity index (χ1v) is 9.68. The molecule has 150 valence electrons. The summed E-state index contributed by atoms with van der Waals surface area (Å²) in [4.78, 5) is 13.3. The van der Waals surface area contributed by atoms with Gasteiger partial charge in [0.2, 0.25) is 0 Å². The molecule has 0 aliphatic rings. The van der Waals surface area contributed by atoms with Crippen LogP contribution in [0.1, 0.15) is 29.9 Å². The number of amides is 1. The largest absolute Gasteiger partial charge is 0.496 e. The maximum atomic E-state index is 13.3. The van der Waals surface area contributed by atoms with Gasteiger partial charge >= 0.3 is 0 Å². The minimum atomic E-state index is -0.334. The van der Waals surface area contributed by atoms with Crippen LogP contribution in [-0.4, -0.2) is 27.6 Å². The number of methoxy groups -OCH3 is 1. The molecular weight excluding hydrogens is 376 g/mol. The van der Waals surface area contributed by atoms with Crippen molar-refractivity contribution >= 4 is 23.2 Å². The summed E-state index contributed by atoms with van der Waals surface area (Å²) in [5.74, 6) is 1.17. The minimum absolute atomic E-state index is 0.202. The highest BCUT2D eigenvalue weighted by molar-refractivity contribution is 6.24. The van der Waals surface area contributed by atoms with Crippen molar-refractivity contribution < 1.29 is 9.53 Å². The number of para-hydroxylation sites is 1. The maximum absolute atomic E-state index is 13.3. The first kappa shape index (κ1) is 19.4. The van der Waals surface area contributed by atoms with Crippen LogP contribution in [0.25, 0.3) is 17.3 Å². The van der Waals surface area contributed by atoms with Gasteiger partial charge in [0.1, 0.15) is 5.75 Å². The van der Waals surface area contributed by atoms with Crippen LogP contribution >= 0.6 is 0 Å². The van der Waals surface area contributed by atoms with Gasteiger partial charge in [-0.05, 0) is 36.8 Å². The molecule has 4 aromatic rings. The molecule has 0 aliphatic heterocycles. The molecule has 6 heteroatoms. The number of benzene rings is 2. The van der Waals surface area contributed by atoms with Crippen molar-refractivity contribution in [3.05, 3.63) is 95.9 Å². The number of carbonyl (C=O) groups excluding carboxylic acids is 1. The highest BCUT2D eigenvalue weighted by atomic mass is 16.5. The zero-order chi connectivity index (χ0) is 20.9. The third-order valence-corrected chi connectivity index (χ3v) is 4.84. The fourth-order valence-corrected chi connectivity index (χ4v) is 3.33. The molecule has 1 N–H and O–H groups in total. The predicted molar refractivity (Wildman–Crippen MR) is 117 cm³/mol. The fourth-order valence-electron chi connectivity index (χ4n) is 3.33. The van der Waals surface area contributed by atoms with Gasteiger partial charge < -0.3 is 10.1 Å². The summed E-state index contributed by atoms with van der Waals surface area (Å²) in [5, 5.41) is 11.5. The number of nitrogens with zero attached hydrogens (tertiary/aromatic N) is 3. The second kappa shape index (κ2) is 8.61. The van der Waals surface area contributed by atoms with E-state index in [2.05, 4.69) is 15.5 Å². The Morgan fingerprint density at radius 1 is 1.00 bits per heavy atom. The van der Waals surface area contributed by atoms with Gasteiger partial charge in [-0.3, -0.25) is 9.20 Å². The van der Waals surface area contributed by atoms with Crippen molar-refractivity contribution in [2.45, 2.75) is 13.0 Å². The fraction of sp³-hybridized carbons (Fsp3) is 0.125. The van der Waals surface area contributed by atoms with Crippen LogP contribution in [0.3, 0.4) is 0 Å². The molecule has 0 aliphatic carbocycles. The van der Waals surface area contributed by atoms with E-state index < -0.39 is 0 Å². The summed E-state index contributed by atoms with van der Waals surface area (Å²) in [5.41, 5.74) is 2.93. The third-order valence-electron chi connectivity index (χ3n) is 4.84. The van der Waals surface area contributed by atoms with E-state index in [0.29, 0.717) is 17.1 Å². The standard InChI is InChI=1S/C24H22N4O2/c1-17(23-27-26-22-14-8-9-15-28(22)23)25-24(29)20(18-10-4-3-5-11-18)16-19-12-6-7-13-21(19)30-2/h3-17H,1-2H3,(H,25,29)/b20-16+. The summed E-state index contributed by atoms with van der Waals surface area (Å²) in [6.45, 7) is 1.90. The molecule has 0 saturated carbocycles. The van der Waals surface area contributed by atoms with Gasteiger partial charge in [-0.25, -0.2) is 0 Å². The number of rotatable bonds is 6. The normalized spacial score (nSPS) is 12.5. The molecule has 30 heavy (non-hydrogen) atoms. The molecule has 0 fully saturated rings. The molecular formula is C24H22N4O2. The molecule has 1 amide bonds. The van der Waals surface area contributed by atoms with Crippen LogP contribution in [0, 0.1) is 0 Å². The molecule has 2 aromatic carbocycles. The number of fused-ring (bicyclic) bond motifs is 1. The molecule has 1 atom stereocenters. The van der Waals surface area contributed by atoms with Gasteiger partial charge in [0.05, 0.1) is 13.2 Å². The Balaban J connectivity index is 1.69. The Morgan fingerprint density at radius 3 is 2.53 bits per heavy atom. The Morgan fingerprint density at radius 2 is 1.73 bits per heavy atom. The monoisotopic (exact) mass is 398 g/mol. The van der Waals surface area contributed by atoms with Gasteiger partial charge in [-0.15, -0.1) is 10.2 Å². The number of hydrogen-bond donors (Lipinski definition) is 1. The molecule has 4 rings (SSSR count). The molecule has 0 spiro atoms. The third kappa shape index (κ3) is 3.93. The number of aromatic nitrogens is 3. The smallest absolute Gasteiger partial charge is 0.252 e. The zero-order valence-electron chi connectivity index (χ0n) is 16.8. The predicted octanol–water partition coefficient (Wildman–Crippen LogP) is 4.16. The summed E-state index contributed by atoms with van der Waals surface area (Å²) < 4.78 is 7.32. The molecule has 2 heterocycles. The highest BCUT2D eigenvalue weighted by Crippen LogP contribution is 2.25. The lowest BCUT2D eigenvalue weighted by Gasteiger charge is -2.15. The average Bonchev–Trinajstić information content (AvgIpc) is 3.22. The molecule has 0 bridgehead atoms. The number of nitrogens with one attached hydrogen (secondary N) is 1. The summed E-state index contributed by atoms with van der Waals surface area (Å²) in [7, 11) is 1.62. The van der Waals surface area contributed by atoms with E-state index in [4.69, 9.17) is 4.74 Å². The number of hydrogen-bond acceptors (Lipinski definition) is 4. The second-order valence-corrected chi connectivity index (χ2v) is 6.85. The van der Waals surface area contributed by atoms with Crippen LogP contribution in [0.5, 0.6) is 5.75 Å². The van der Waals surface area contributed by atoms with Crippen LogP contribution in [0.2, 0.25) is 0 Å². The van der Waals surface area contributed by atoms with E-state index in [1.165, 1.54) is 0 Å². The van der Waals surface area contributed by atoms with Gasteiger partial charge in [-0.1, -0.05) is 54.6 Å². The average molecular weight is 398 g/mol. The lowest BCUT2D eigenvalue weighted by molar-refractivity contribution is -0.116. The first-order valence-electron chi connectivity index (χ1n) is 9.68. The number of carbonyl (C=O) groups is 1. The minimum Gasteiger partial charge on any atom is -0.496 e. The van der Waals surface area contributed by atoms with Gasteiger partial charge in [0, 0.05) is 17.3 Å². The number of pyridine rings is 1. The van der Waals surface area contributed by atoms with E-state index in [-0.39, 0.29) is 11.9 Å². The van der Waals surface area contributed by atoms with Crippen LogP contribution in [0.15, 0.2) is 79.0 Å². The van der Waals surface area contributed by atoms with E-state index in [1.807, 2.05) is 96.4 Å². The van der Waals surface area contributed by atoms with E-state index >= 15 is 0 Å². The molecule has 6 nitrogen and oxygen atoms in total. The van der Waals surface area contributed by atoms with Gasteiger partial charge in [0.25, 0.3) is 5.91 Å². The van der Waals surface area contributed by atoms with Crippen LogP contribution in [-0.2, 0) is 4.79 Å². The van der Waals surface area contributed by atoms with Crippen molar-refractivity contribution in [2.75, 3.05) is 7.11 Å². The Hall–Kier alpha value is -3.93. The van der Waals surface area contributed by atoms with Crippen LogP contribution < -0.4 is 10.1 Å². The van der Waals surface area contributed by atoms with Crippen molar-refractivity contribution in [3.63, 3.8) is 0 Å². The van der Waals surface area contributed by atoms with E-state index in [9.17, 15) is 4.79 Å². The van der Waals surface area contributed by atoms with Gasteiger partial charge in [0.15, 0.2) is 11.5 Å². The molecule has 0 radical (unpaired) electrons. The lowest BCUT2D eigenvalue weighted by atomic mass is 10.0. The van der Waals surface area contributed by atoms with Crippen molar-refractivity contribution in [2.24, 2.45) is 0 Å². The molecule has 2 aromatic heterocycles. The van der Waals surface area contributed by atoms with Crippen LogP contribution in [0.4, 0.5) is 0 Å². The van der Waals surface area contributed by atoms with Crippen molar-refractivity contribution in [1.82, 2.24) is 19.9 Å². The topological polar surface area (TPSA) is 68.5 Å². The van der Waals surface area contributed by atoms with E-state index in [1.54, 1.807) is 7.11 Å². The Bertz CT molecular complexity index is 1200. The summed E-state index contributed by atoms with van der Waals surface area (Å²) in [6, 6.07) is 22.5. The summed E-state index contributed by atoms with van der Waals surface area (Å²) in [6.07, 6.45) is 3.73. The SMILES string of the molecule is COc1ccccc1/C=C(/C(=O)NC(C)c1nnc2ccccn12)c1ccccc1. The second-order valence-electron chi connectivity index (χ2n) is 6.85. The van der Waals surface area contributed by atoms with Crippen molar-refractivity contribution in [1.29, 1.82) is 0 Å². The Labute approximate surface area is 174 Å². The molecule has 1 unspecified atom stereocenters. The maximum Gasteiger partial charge on any atom is 0.252 e. The van der Waals surface area contributed by atoms with Gasteiger partial charge in [-0.2, -0.15) is 0 Å². The molecule has 0 saturated heterocycles.